The van der Waals surface area contributed by atoms with Crippen molar-refractivity contribution in [1.82, 2.24) is 5.32 Å². The number of hydrogen-bond acceptors (Lipinski definition) is 4. The molecular formula is C16H23NO4. The molecule has 0 aliphatic carbocycles. The highest BCUT2D eigenvalue weighted by atomic mass is 16.6. The standard InChI is InChI=1S/C16H23NO4/c1-16(2,3)21-15(19)17-13(11-18)10-9-12-7-5-6-8-14(12)20-4/h5-8,11,13H,9-10H2,1-4H3,(H,17,19). The maximum Gasteiger partial charge on any atom is 0.408 e. The molecule has 1 unspecified atom stereocenters. The monoisotopic (exact) mass is 293 g/mol. The fourth-order valence-electron chi connectivity index (χ4n) is 1.85. The van der Waals surface area contributed by atoms with Crippen LogP contribution in [0, 0.1) is 0 Å². The van der Waals surface area contributed by atoms with Crippen LogP contribution in [0.1, 0.15) is 32.8 Å². The molecule has 0 fully saturated rings. The van der Waals surface area contributed by atoms with E-state index in [0.29, 0.717) is 12.8 Å². The van der Waals surface area contributed by atoms with E-state index in [1.54, 1.807) is 27.9 Å². The lowest BCUT2D eigenvalue weighted by atomic mass is 10.1. The number of benzene rings is 1. The van der Waals surface area contributed by atoms with Crippen molar-refractivity contribution in [2.24, 2.45) is 0 Å². The van der Waals surface area contributed by atoms with Gasteiger partial charge in [-0.05, 0) is 45.2 Å². The predicted molar refractivity (Wildman–Crippen MR) is 80.5 cm³/mol. The Bertz CT molecular complexity index is 479. The van der Waals surface area contributed by atoms with Crippen LogP contribution in [-0.4, -0.2) is 31.1 Å². The molecule has 0 aliphatic rings. The number of hydrogen-bond donors (Lipinski definition) is 1. The van der Waals surface area contributed by atoms with Crippen LogP contribution in [0.2, 0.25) is 0 Å². The molecule has 0 radical (unpaired) electrons. The second-order valence-corrected chi connectivity index (χ2v) is 5.74. The molecular weight excluding hydrogens is 270 g/mol. The summed E-state index contributed by atoms with van der Waals surface area (Å²) in [5, 5.41) is 2.56. The van der Waals surface area contributed by atoms with Gasteiger partial charge in [-0.3, -0.25) is 0 Å². The number of methoxy groups -OCH3 is 1. The second kappa shape index (κ2) is 7.67. The number of ether oxygens (including phenoxy) is 2. The maximum atomic E-state index is 11.6. The average molecular weight is 293 g/mol. The molecule has 5 nitrogen and oxygen atoms in total. The molecule has 1 aromatic rings. The van der Waals surface area contributed by atoms with Crippen molar-refractivity contribution in [3.05, 3.63) is 29.8 Å². The van der Waals surface area contributed by atoms with Gasteiger partial charge in [0, 0.05) is 0 Å². The van der Waals surface area contributed by atoms with Crippen molar-refractivity contribution in [2.45, 2.75) is 45.3 Å². The van der Waals surface area contributed by atoms with Crippen molar-refractivity contribution in [3.63, 3.8) is 0 Å². The Kier molecular flexibility index (Phi) is 6.21. The van der Waals surface area contributed by atoms with Crippen LogP contribution < -0.4 is 10.1 Å². The number of carbonyl (C=O) groups excluding carboxylic acids is 2. The molecule has 1 atom stereocenters. The largest absolute Gasteiger partial charge is 0.496 e. The molecule has 0 heterocycles. The van der Waals surface area contributed by atoms with E-state index in [1.165, 1.54) is 0 Å². The normalized spacial score (nSPS) is 12.4. The Hall–Kier alpha value is -2.04. The van der Waals surface area contributed by atoms with Gasteiger partial charge in [-0.2, -0.15) is 0 Å². The minimum absolute atomic E-state index is 0.489. The Morgan fingerprint density at radius 1 is 1.33 bits per heavy atom. The Morgan fingerprint density at radius 2 is 2.00 bits per heavy atom. The number of aldehydes is 1. The molecule has 0 aliphatic heterocycles. The number of alkyl carbamates (subject to hydrolysis) is 1. The Labute approximate surface area is 125 Å². The maximum absolute atomic E-state index is 11.6. The van der Waals surface area contributed by atoms with Gasteiger partial charge < -0.3 is 19.6 Å². The third-order valence-corrected chi connectivity index (χ3v) is 2.78. The highest BCUT2D eigenvalue weighted by molar-refractivity contribution is 5.73. The highest BCUT2D eigenvalue weighted by Crippen LogP contribution is 2.19. The minimum atomic E-state index is -0.584. The van der Waals surface area contributed by atoms with Gasteiger partial charge in [-0.1, -0.05) is 18.2 Å². The average Bonchev–Trinajstić information content (AvgIpc) is 2.41. The lowest BCUT2D eigenvalue weighted by molar-refractivity contribution is -0.109. The summed E-state index contributed by atoms with van der Waals surface area (Å²) >= 11 is 0. The zero-order chi connectivity index (χ0) is 15.9. The predicted octanol–water partition coefficient (Wildman–Crippen LogP) is 2.72. The zero-order valence-corrected chi connectivity index (χ0v) is 13.0. The van der Waals surface area contributed by atoms with Crippen LogP contribution in [0.5, 0.6) is 5.75 Å². The van der Waals surface area contributed by atoms with Gasteiger partial charge in [0.15, 0.2) is 0 Å². The lowest BCUT2D eigenvalue weighted by Crippen LogP contribution is -2.40. The Morgan fingerprint density at radius 3 is 2.57 bits per heavy atom. The number of rotatable bonds is 6. The van der Waals surface area contributed by atoms with Crippen LogP contribution in [0.4, 0.5) is 4.79 Å². The summed E-state index contributed by atoms with van der Waals surface area (Å²) in [4.78, 5) is 22.7. The first kappa shape index (κ1) is 17.0. The molecule has 0 spiro atoms. The first-order chi connectivity index (χ1) is 9.85. The number of para-hydroxylation sites is 1. The van der Waals surface area contributed by atoms with Gasteiger partial charge >= 0.3 is 6.09 Å². The van der Waals surface area contributed by atoms with Crippen LogP contribution in [0.3, 0.4) is 0 Å². The van der Waals surface area contributed by atoms with E-state index in [-0.39, 0.29) is 0 Å². The number of aryl methyl sites for hydroxylation is 1. The van der Waals surface area contributed by atoms with E-state index < -0.39 is 17.7 Å². The molecule has 0 saturated heterocycles. The van der Waals surface area contributed by atoms with E-state index in [4.69, 9.17) is 9.47 Å². The fourth-order valence-corrected chi connectivity index (χ4v) is 1.85. The summed E-state index contributed by atoms with van der Waals surface area (Å²) in [5.41, 5.74) is 0.415. The van der Waals surface area contributed by atoms with Crippen molar-refractivity contribution in [2.75, 3.05) is 7.11 Å². The molecule has 1 rings (SSSR count). The lowest BCUT2D eigenvalue weighted by Gasteiger charge is -2.21. The fraction of sp³-hybridized carbons (Fsp3) is 0.500. The molecule has 0 bridgehead atoms. The van der Waals surface area contributed by atoms with Crippen molar-refractivity contribution in [1.29, 1.82) is 0 Å². The molecule has 1 amide bonds. The van der Waals surface area contributed by atoms with Crippen molar-refractivity contribution in [3.8, 4) is 5.75 Å². The number of carbonyl (C=O) groups is 2. The molecule has 5 heteroatoms. The molecule has 0 aromatic heterocycles. The number of nitrogens with one attached hydrogen (secondary N) is 1. The summed E-state index contributed by atoms with van der Waals surface area (Å²) in [6.07, 6.45) is 1.26. The summed E-state index contributed by atoms with van der Waals surface area (Å²) < 4.78 is 10.4. The van der Waals surface area contributed by atoms with Gasteiger partial charge in [0.1, 0.15) is 17.6 Å². The molecule has 0 saturated carbocycles. The summed E-state index contributed by atoms with van der Waals surface area (Å²) in [6.45, 7) is 5.33. The van der Waals surface area contributed by atoms with E-state index >= 15 is 0 Å². The van der Waals surface area contributed by atoms with Gasteiger partial charge in [0.05, 0.1) is 13.2 Å². The third-order valence-electron chi connectivity index (χ3n) is 2.78. The van der Waals surface area contributed by atoms with Crippen LogP contribution in [0.25, 0.3) is 0 Å². The van der Waals surface area contributed by atoms with Gasteiger partial charge in [0.2, 0.25) is 0 Å². The highest BCUT2D eigenvalue weighted by Gasteiger charge is 2.19. The van der Waals surface area contributed by atoms with Crippen molar-refractivity contribution >= 4 is 12.4 Å². The summed E-state index contributed by atoms with van der Waals surface area (Å²) in [6, 6.07) is 7.03. The summed E-state index contributed by atoms with van der Waals surface area (Å²) in [7, 11) is 1.61. The summed E-state index contributed by atoms with van der Waals surface area (Å²) in [5.74, 6) is 0.777. The quantitative estimate of drug-likeness (QED) is 0.819. The van der Waals surface area contributed by atoms with Gasteiger partial charge in [0.25, 0.3) is 0 Å². The van der Waals surface area contributed by atoms with Gasteiger partial charge in [-0.15, -0.1) is 0 Å². The first-order valence-corrected chi connectivity index (χ1v) is 6.92. The van der Waals surface area contributed by atoms with E-state index in [0.717, 1.165) is 17.6 Å². The third kappa shape index (κ3) is 6.29. The van der Waals surface area contributed by atoms with E-state index in [2.05, 4.69) is 5.32 Å². The van der Waals surface area contributed by atoms with Crippen molar-refractivity contribution < 1.29 is 19.1 Å². The SMILES string of the molecule is COc1ccccc1CCC(C=O)NC(=O)OC(C)(C)C. The van der Waals surface area contributed by atoms with Gasteiger partial charge in [-0.25, -0.2) is 4.79 Å². The van der Waals surface area contributed by atoms with Crippen LogP contribution in [0.15, 0.2) is 24.3 Å². The zero-order valence-electron chi connectivity index (χ0n) is 13.0. The van der Waals surface area contributed by atoms with Crippen LogP contribution >= 0.6 is 0 Å². The topological polar surface area (TPSA) is 64.6 Å². The molecule has 21 heavy (non-hydrogen) atoms. The minimum Gasteiger partial charge on any atom is -0.496 e. The first-order valence-electron chi connectivity index (χ1n) is 6.92. The molecule has 1 aromatic carbocycles. The number of amides is 1. The second-order valence-electron chi connectivity index (χ2n) is 5.74. The van der Waals surface area contributed by atoms with E-state index in [1.807, 2.05) is 24.3 Å². The smallest absolute Gasteiger partial charge is 0.408 e. The molecule has 116 valence electrons. The Balaban J connectivity index is 2.55. The molecule has 1 N–H and O–H groups in total. The van der Waals surface area contributed by atoms with E-state index in [9.17, 15) is 9.59 Å². The van der Waals surface area contributed by atoms with Crippen LogP contribution in [-0.2, 0) is 16.0 Å².